The minimum absolute atomic E-state index is 0.193. The molecule has 1 atom stereocenters. The summed E-state index contributed by atoms with van der Waals surface area (Å²) >= 11 is 5.92. The molecule has 0 bridgehead atoms. The standard InChI is InChI=1S/C11H15ClFNO/c1-14-10(7-15-2)5-8-3-4-9(13)6-11(8)12/h3-4,6,10,14H,5,7H2,1-2H3. The van der Waals surface area contributed by atoms with Crippen molar-refractivity contribution in [1.29, 1.82) is 0 Å². The molecule has 0 aliphatic carbocycles. The molecule has 0 saturated carbocycles. The highest BCUT2D eigenvalue weighted by Crippen LogP contribution is 2.18. The Morgan fingerprint density at radius 3 is 2.80 bits per heavy atom. The Balaban J connectivity index is 2.70. The summed E-state index contributed by atoms with van der Waals surface area (Å²) in [6, 6.07) is 4.65. The summed E-state index contributed by atoms with van der Waals surface area (Å²) in [5, 5.41) is 3.58. The first-order valence-electron chi connectivity index (χ1n) is 4.77. The van der Waals surface area contributed by atoms with Crippen LogP contribution in [0.4, 0.5) is 4.39 Å². The van der Waals surface area contributed by atoms with Crippen LogP contribution in [0, 0.1) is 5.82 Å². The van der Waals surface area contributed by atoms with E-state index in [4.69, 9.17) is 16.3 Å². The van der Waals surface area contributed by atoms with E-state index in [1.54, 1.807) is 13.2 Å². The third-order valence-electron chi connectivity index (χ3n) is 2.26. The quantitative estimate of drug-likeness (QED) is 0.840. The molecule has 0 radical (unpaired) electrons. The van der Waals surface area contributed by atoms with Crippen LogP contribution < -0.4 is 5.32 Å². The Labute approximate surface area is 94.4 Å². The second-order valence-corrected chi connectivity index (χ2v) is 3.79. The summed E-state index contributed by atoms with van der Waals surface area (Å²) in [4.78, 5) is 0. The van der Waals surface area contributed by atoms with E-state index in [0.717, 1.165) is 12.0 Å². The number of rotatable bonds is 5. The van der Waals surface area contributed by atoms with Gasteiger partial charge in [0.25, 0.3) is 0 Å². The topological polar surface area (TPSA) is 21.3 Å². The molecular weight excluding hydrogens is 217 g/mol. The van der Waals surface area contributed by atoms with Crippen molar-refractivity contribution in [2.24, 2.45) is 0 Å². The van der Waals surface area contributed by atoms with Gasteiger partial charge in [-0.1, -0.05) is 17.7 Å². The number of nitrogens with one attached hydrogen (secondary N) is 1. The predicted octanol–water partition coefficient (Wildman–Crippen LogP) is 2.26. The van der Waals surface area contributed by atoms with Crippen molar-refractivity contribution in [2.45, 2.75) is 12.5 Å². The number of ether oxygens (including phenoxy) is 1. The zero-order valence-corrected chi connectivity index (χ0v) is 9.64. The summed E-state index contributed by atoms with van der Waals surface area (Å²) in [6.45, 7) is 0.601. The first-order chi connectivity index (χ1) is 7.17. The van der Waals surface area contributed by atoms with E-state index in [-0.39, 0.29) is 11.9 Å². The van der Waals surface area contributed by atoms with Crippen molar-refractivity contribution >= 4 is 11.6 Å². The molecule has 1 aromatic carbocycles. The minimum Gasteiger partial charge on any atom is -0.383 e. The van der Waals surface area contributed by atoms with Gasteiger partial charge in [0.15, 0.2) is 0 Å². The molecule has 0 aromatic heterocycles. The fourth-order valence-corrected chi connectivity index (χ4v) is 1.64. The van der Waals surface area contributed by atoms with E-state index in [1.165, 1.54) is 12.1 Å². The molecule has 0 saturated heterocycles. The molecule has 4 heteroatoms. The first kappa shape index (κ1) is 12.4. The van der Waals surface area contributed by atoms with Gasteiger partial charge in [0.2, 0.25) is 0 Å². The van der Waals surface area contributed by atoms with Crippen LogP contribution in [0.3, 0.4) is 0 Å². The van der Waals surface area contributed by atoms with Gasteiger partial charge in [-0.15, -0.1) is 0 Å². The molecule has 0 fully saturated rings. The van der Waals surface area contributed by atoms with Crippen LogP contribution in [-0.4, -0.2) is 26.8 Å². The SMILES string of the molecule is CNC(COC)Cc1ccc(F)cc1Cl. The zero-order valence-electron chi connectivity index (χ0n) is 8.89. The Hall–Kier alpha value is -0.640. The largest absolute Gasteiger partial charge is 0.383 e. The number of benzene rings is 1. The molecule has 1 aromatic rings. The van der Waals surface area contributed by atoms with E-state index in [9.17, 15) is 4.39 Å². The maximum Gasteiger partial charge on any atom is 0.124 e. The Morgan fingerprint density at radius 2 is 2.27 bits per heavy atom. The van der Waals surface area contributed by atoms with Crippen LogP contribution in [0.2, 0.25) is 5.02 Å². The van der Waals surface area contributed by atoms with Crippen molar-refractivity contribution in [3.8, 4) is 0 Å². The summed E-state index contributed by atoms with van der Waals surface area (Å²) in [5.74, 6) is -0.309. The van der Waals surface area contributed by atoms with Gasteiger partial charge >= 0.3 is 0 Å². The highest BCUT2D eigenvalue weighted by molar-refractivity contribution is 6.31. The maximum absolute atomic E-state index is 12.8. The van der Waals surface area contributed by atoms with Crippen molar-refractivity contribution in [2.75, 3.05) is 20.8 Å². The number of methoxy groups -OCH3 is 1. The second kappa shape index (κ2) is 6.05. The highest BCUT2D eigenvalue weighted by Gasteiger charge is 2.09. The lowest BCUT2D eigenvalue weighted by Crippen LogP contribution is -2.32. The summed E-state index contributed by atoms with van der Waals surface area (Å²) < 4.78 is 17.8. The maximum atomic E-state index is 12.8. The summed E-state index contributed by atoms with van der Waals surface area (Å²) in [5.41, 5.74) is 0.925. The van der Waals surface area contributed by atoms with Crippen LogP contribution in [0.1, 0.15) is 5.56 Å². The predicted molar refractivity (Wildman–Crippen MR) is 59.8 cm³/mol. The van der Waals surface area contributed by atoms with Gasteiger partial charge < -0.3 is 10.1 Å². The average Bonchev–Trinajstić information content (AvgIpc) is 2.21. The summed E-state index contributed by atoms with van der Waals surface area (Å²) in [7, 11) is 3.51. The van der Waals surface area contributed by atoms with E-state index >= 15 is 0 Å². The molecule has 0 aliphatic heterocycles. The van der Waals surface area contributed by atoms with Crippen LogP contribution in [0.5, 0.6) is 0 Å². The molecule has 0 spiro atoms. The number of hydrogen-bond acceptors (Lipinski definition) is 2. The van der Waals surface area contributed by atoms with Crippen LogP contribution >= 0.6 is 11.6 Å². The Bertz CT molecular complexity index is 319. The first-order valence-corrected chi connectivity index (χ1v) is 5.15. The third-order valence-corrected chi connectivity index (χ3v) is 2.61. The highest BCUT2D eigenvalue weighted by atomic mass is 35.5. The monoisotopic (exact) mass is 231 g/mol. The Kier molecular flexibility index (Phi) is 5.02. The molecule has 0 amide bonds. The van der Waals surface area contributed by atoms with E-state index in [1.807, 2.05) is 7.05 Å². The van der Waals surface area contributed by atoms with Crippen molar-refractivity contribution in [1.82, 2.24) is 5.32 Å². The lowest BCUT2D eigenvalue weighted by atomic mass is 10.1. The smallest absolute Gasteiger partial charge is 0.124 e. The zero-order chi connectivity index (χ0) is 11.3. The van der Waals surface area contributed by atoms with E-state index in [2.05, 4.69) is 5.32 Å². The Morgan fingerprint density at radius 1 is 1.53 bits per heavy atom. The third kappa shape index (κ3) is 3.78. The molecule has 1 N–H and O–H groups in total. The lowest BCUT2D eigenvalue weighted by Gasteiger charge is -2.15. The molecule has 1 unspecified atom stereocenters. The molecule has 0 aliphatic rings. The van der Waals surface area contributed by atoms with Gasteiger partial charge in [0, 0.05) is 18.2 Å². The van der Waals surface area contributed by atoms with Crippen LogP contribution in [0.15, 0.2) is 18.2 Å². The van der Waals surface area contributed by atoms with Crippen LogP contribution in [0.25, 0.3) is 0 Å². The molecule has 0 heterocycles. The molecule has 2 nitrogen and oxygen atoms in total. The van der Waals surface area contributed by atoms with Crippen molar-refractivity contribution in [3.05, 3.63) is 34.6 Å². The van der Waals surface area contributed by atoms with E-state index in [0.29, 0.717) is 11.6 Å². The average molecular weight is 232 g/mol. The van der Waals surface area contributed by atoms with Crippen LogP contribution in [-0.2, 0) is 11.2 Å². The van der Waals surface area contributed by atoms with Gasteiger partial charge in [-0.2, -0.15) is 0 Å². The van der Waals surface area contributed by atoms with E-state index < -0.39 is 0 Å². The lowest BCUT2D eigenvalue weighted by molar-refractivity contribution is 0.169. The van der Waals surface area contributed by atoms with Gasteiger partial charge in [-0.05, 0) is 31.2 Å². The fraction of sp³-hybridized carbons (Fsp3) is 0.455. The van der Waals surface area contributed by atoms with Crippen molar-refractivity contribution < 1.29 is 9.13 Å². The number of hydrogen-bond donors (Lipinski definition) is 1. The normalized spacial score (nSPS) is 12.8. The fourth-order valence-electron chi connectivity index (χ4n) is 1.40. The van der Waals surface area contributed by atoms with Gasteiger partial charge in [-0.3, -0.25) is 0 Å². The summed E-state index contributed by atoms with van der Waals surface area (Å²) in [6.07, 6.45) is 0.726. The van der Waals surface area contributed by atoms with Gasteiger partial charge in [0.1, 0.15) is 5.82 Å². The molecule has 1 rings (SSSR count). The second-order valence-electron chi connectivity index (χ2n) is 3.38. The number of halogens is 2. The minimum atomic E-state index is -0.309. The van der Waals surface area contributed by atoms with Gasteiger partial charge in [-0.25, -0.2) is 4.39 Å². The number of likely N-dealkylation sites (N-methyl/N-ethyl adjacent to an activating group) is 1. The molecule has 84 valence electrons. The molecular formula is C11H15ClFNO. The van der Waals surface area contributed by atoms with Gasteiger partial charge in [0.05, 0.1) is 6.61 Å². The molecule has 15 heavy (non-hydrogen) atoms. The van der Waals surface area contributed by atoms with Crippen molar-refractivity contribution in [3.63, 3.8) is 0 Å².